The number of hydrogen-bond acceptors (Lipinski definition) is 2. The molecule has 1 aromatic rings. The van der Waals surface area contributed by atoms with E-state index in [1.54, 1.807) is 0 Å². The van der Waals surface area contributed by atoms with Crippen molar-refractivity contribution >= 4 is 29.2 Å². The monoisotopic (exact) mass is 278 g/mol. The number of imide groups is 1. The smallest absolute Gasteiger partial charge is 0.283 e. The molecule has 96 valence electrons. The van der Waals surface area contributed by atoms with Crippen LogP contribution in [0.15, 0.2) is 18.2 Å². The lowest BCUT2D eigenvalue weighted by Crippen LogP contribution is -2.28. The number of hydrogen-bond donors (Lipinski definition) is 1. The topological polar surface area (TPSA) is 49.4 Å². The van der Waals surface area contributed by atoms with Crippen LogP contribution in [-0.4, -0.2) is 18.5 Å². The number of halogens is 4. The van der Waals surface area contributed by atoms with Gasteiger partial charge in [-0.1, -0.05) is 11.6 Å². The predicted molar refractivity (Wildman–Crippen MR) is 57.3 cm³/mol. The molecular formula is C10H6ClF3N2O2. The van der Waals surface area contributed by atoms with E-state index in [9.17, 15) is 22.8 Å². The van der Waals surface area contributed by atoms with Gasteiger partial charge in [0.05, 0.1) is 16.3 Å². The van der Waals surface area contributed by atoms with Gasteiger partial charge < -0.3 is 0 Å². The van der Waals surface area contributed by atoms with Crippen molar-refractivity contribution in [1.82, 2.24) is 5.32 Å². The molecule has 1 aliphatic heterocycles. The van der Waals surface area contributed by atoms with Crippen LogP contribution in [0.2, 0.25) is 5.02 Å². The standard InChI is InChI=1S/C10H6ClF3N2O2/c11-6-3-5(10(12,13)14)1-2-7(6)16-4-8(17)15-9(16)18/h1-3H,4H2,(H,15,17,18). The number of nitrogens with one attached hydrogen (secondary N) is 1. The molecule has 0 saturated carbocycles. The number of nitrogens with zero attached hydrogens (tertiary/aromatic N) is 1. The van der Waals surface area contributed by atoms with Gasteiger partial charge in [0.25, 0.3) is 0 Å². The molecule has 1 saturated heterocycles. The van der Waals surface area contributed by atoms with E-state index in [1.807, 2.05) is 5.32 Å². The summed E-state index contributed by atoms with van der Waals surface area (Å²) in [6.07, 6.45) is -4.51. The molecular weight excluding hydrogens is 273 g/mol. The maximum absolute atomic E-state index is 12.4. The molecule has 3 amide bonds. The first-order valence-electron chi connectivity index (χ1n) is 4.77. The number of anilines is 1. The third-order valence-electron chi connectivity index (χ3n) is 2.36. The molecule has 0 atom stereocenters. The second kappa shape index (κ2) is 4.16. The summed E-state index contributed by atoms with van der Waals surface area (Å²) >= 11 is 5.70. The van der Waals surface area contributed by atoms with Crippen molar-refractivity contribution in [3.05, 3.63) is 28.8 Å². The molecule has 0 bridgehead atoms. The summed E-state index contributed by atoms with van der Waals surface area (Å²) in [7, 11) is 0. The van der Waals surface area contributed by atoms with Gasteiger partial charge in [0, 0.05) is 0 Å². The Labute approximate surface area is 104 Å². The molecule has 1 aromatic carbocycles. The van der Waals surface area contributed by atoms with Gasteiger partial charge >= 0.3 is 12.2 Å². The van der Waals surface area contributed by atoms with Crippen molar-refractivity contribution in [1.29, 1.82) is 0 Å². The maximum Gasteiger partial charge on any atom is 0.416 e. The predicted octanol–water partition coefficient (Wildman–Crippen LogP) is 2.42. The Morgan fingerprint density at radius 3 is 2.39 bits per heavy atom. The summed E-state index contributed by atoms with van der Waals surface area (Å²) in [5.74, 6) is -0.532. The van der Waals surface area contributed by atoms with Gasteiger partial charge in [-0.05, 0) is 18.2 Å². The fourth-order valence-corrected chi connectivity index (χ4v) is 1.82. The first-order valence-corrected chi connectivity index (χ1v) is 5.15. The van der Waals surface area contributed by atoms with Crippen LogP contribution in [0.3, 0.4) is 0 Å². The third-order valence-corrected chi connectivity index (χ3v) is 2.66. The summed E-state index contributed by atoms with van der Waals surface area (Å²) in [6, 6.07) is 1.87. The van der Waals surface area contributed by atoms with Crippen LogP contribution in [0.25, 0.3) is 0 Å². The largest absolute Gasteiger partial charge is 0.416 e. The van der Waals surface area contributed by atoms with E-state index >= 15 is 0 Å². The lowest BCUT2D eigenvalue weighted by Gasteiger charge is -2.16. The Balaban J connectivity index is 2.37. The second-order valence-electron chi connectivity index (χ2n) is 3.60. The van der Waals surface area contributed by atoms with Crippen molar-refractivity contribution in [2.24, 2.45) is 0 Å². The minimum atomic E-state index is -4.51. The second-order valence-corrected chi connectivity index (χ2v) is 4.01. The molecule has 0 aromatic heterocycles. The van der Waals surface area contributed by atoms with E-state index in [0.717, 1.165) is 17.0 Å². The molecule has 2 rings (SSSR count). The van der Waals surface area contributed by atoms with Crippen molar-refractivity contribution < 1.29 is 22.8 Å². The molecule has 1 N–H and O–H groups in total. The number of urea groups is 1. The van der Waals surface area contributed by atoms with E-state index in [4.69, 9.17) is 11.6 Å². The van der Waals surface area contributed by atoms with Crippen LogP contribution in [0.1, 0.15) is 5.56 Å². The number of benzene rings is 1. The summed E-state index contributed by atoms with van der Waals surface area (Å²) in [4.78, 5) is 23.3. The molecule has 1 aliphatic rings. The summed E-state index contributed by atoms with van der Waals surface area (Å²) in [5.41, 5.74) is -0.852. The number of carbonyl (C=O) groups is 2. The highest BCUT2D eigenvalue weighted by molar-refractivity contribution is 6.34. The average molecular weight is 279 g/mol. The Kier molecular flexibility index (Phi) is 2.94. The van der Waals surface area contributed by atoms with Gasteiger partial charge in [-0.3, -0.25) is 15.0 Å². The van der Waals surface area contributed by atoms with Gasteiger partial charge in [-0.2, -0.15) is 13.2 Å². The normalized spacial score (nSPS) is 16.1. The molecule has 0 unspecified atom stereocenters. The van der Waals surface area contributed by atoms with Gasteiger partial charge in [-0.15, -0.1) is 0 Å². The van der Waals surface area contributed by atoms with Gasteiger partial charge in [0.15, 0.2) is 0 Å². The number of alkyl halides is 3. The lowest BCUT2D eigenvalue weighted by molar-refractivity contribution is -0.137. The SMILES string of the molecule is O=C1CN(c2ccc(C(F)(F)F)cc2Cl)C(=O)N1. The molecule has 0 radical (unpaired) electrons. The van der Waals surface area contributed by atoms with Crippen LogP contribution in [0.5, 0.6) is 0 Å². The summed E-state index contributed by atoms with van der Waals surface area (Å²) in [5, 5.41) is 1.76. The van der Waals surface area contributed by atoms with Crippen LogP contribution in [0, 0.1) is 0 Å². The third kappa shape index (κ3) is 2.26. The molecule has 4 nitrogen and oxygen atoms in total. The molecule has 18 heavy (non-hydrogen) atoms. The molecule has 1 fully saturated rings. The van der Waals surface area contributed by atoms with Gasteiger partial charge in [0.1, 0.15) is 6.54 Å². The minimum Gasteiger partial charge on any atom is -0.283 e. The minimum absolute atomic E-state index is 0.0630. The summed E-state index contributed by atoms with van der Waals surface area (Å²) in [6.45, 7) is -0.260. The Morgan fingerprint density at radius 2 is 1.94 bits per heavy atom. The highest BCUT2D eigenvalue weighted by Crippen LogP contribution is 2.35. The van der Waals surface area contributed by atoms with E-state index in [-0.39, 0.29) is 17.3 Å². The fraction of sp³-hybridized carbons (Fsp3) is 0.200. The van der Waals surface area contributed by atoms with Crippen molar-refractivity contribution in [2.75, 3.05) is 11.4 Å². The van der Waals surface area contributed by atoms with Crippen molar-refractivity contribution in [3.8, 4) is 0 Å². The summed E-state index contributed by atoms with van der Waals surface area (Å²) < 4.78 is 37.2. The molecule has 0 aliphatic carbocycles. The number of carbonyl (C=O) groups excluding carboxylic acids is 2. The Morgan fingerprint density at radius 1 is 1.28 bits per heavy atom. The van der Waals surface area contributed by atoms with Crippen LogP contribution in [0.4, 0.5) is 23.7 Å². The Hall–Kier alpha value is -1.76. The zero-order valence-corrected chi connectivity index (χ0v) is 9.47. The fourth-order valence-electron chi connectivity index (χ4n) is 1.54. The van der Waals surface area contributed by atoms with Crippen molar-refractivity contribution in [3.63, 3.8) is 0 Å². The van der Waals surface area contributed by atoms with E-state index in [0.29, 0.717) is 6.07 Å². The van der Waals surface area contributed by atoms with Crippen LogP contribution in [-0.2, 0) is 11.0 Å². The zero-order chi connectivity index (χ0) is 13.5. The van der Waals surface area contributed by atoms with Crippen LogP contribution >= 0.6 is 11.6 Å². The Bertz CT molecular complexity index is 530. The highest BCUT2D eigenvalue weighted by Gasteiger charge is 2.33. The van der Waals surface area contributed by atoms with Gasteiger partial charge in [-0.25, -0.2) is 4.79 Å². The van der Waals surface area contributed by atoms with E-state index < -0.39 is 23.7 Å². The van der Waals surface area contributed by atoms with E-state index in [1.165, 1.54) is 0 Å². The molecule has 1 heterocycles. The lowest BCUT2D eigenvalue weighted by atomic mass is 10.2. The molecule has 0 spiro atoms. The number of amides is 3. The number of rotatable bonds is 1. The maximum atomic E-state index is 12.4. The highest BCUT2D eigenvalue weighted by atomic mass is 35.5. The average Bonchev–Trinajstić information content (AvgIpc) is 2.56. The quantitative estimate of drug-likeness (QED) is 0.802. The first-order chi connectivity index (χ1) is 8.29. The van der Waals surface area contributed by atoms with Crippen LogP contribution < -0.4 is 10.2 Å². The zero-order valence-electron chi connectivity index (χ0n) is 8.71. The molecule has 8 heteroatoms. The van der Waals surface area contributed by atoms with E-state index in [2.05, 4.69) is 0 Å². The van der Waals surface area contributed by atoms with Crippen molar-refractivity contribution in [2.45, 2.75) is 6.18 Å². The first kappa shape index (κ1) is 12.7. The van der Waals surface area contributed by atoms with Gasteiger partial charge in [0.2, 0.25) is 5.91 Å².